The molecule has 2 aromatic carbocycles. The summed E-state index contributed by atoms with van der Waals surface area (Å²) >= 11 is 5.98. The lowest BCUT2D eigenvalue weighted by Gasteiger charge is -2.09. The standard InChI is InChI=1S/C19H19ClO5/c1-4-25-18-10-12(9-14(20)19(18)22)5-7-15(21)13-6-8-16(23-2)17(11-13)24-3/h5-11,22H,4H2,1-3H3. The van der Waals surface area contributed by atoms with Crippen molar-refractivity contribution >= 4 is 23.5 Å². The first-order chi connectivity index (χ1) is 12.0. The highest BCUT2D eigenvalue weighted by atomic mass is 35.5. The minimum absolute atomic E-state index is 0.119. The van der Waals surface area contributed by atoms with Crippen LogP contribution < -0.4 is 14.2 Å². The number of benzene rings is 2. The van der Waals surface area contributed by atoms with Crippen LogP contribution in [0.15, 0.2) is 36.4 Å². The van der Waals surface area contributed by atoms with Crippen molar-refractivity contribution in [1.82, 2.24) is 0 Å². The third-order valence-electron chi connectivity index (χ3n) is 3.45. The van der Waals surface area contributed by atoms with Crippen LogP contribution >= 0.6 is 11.6 Å². The van der Waals surface area contributed by atoms with Crippen molar-refractivity contribution in [2.75, 3.05) is 20.8 Å². The van der Waals surface area contributed by atoms with Crippen molar-refractivity contribution in [2.45, 2.75) is 6.92 Å². The Hall–Kier alpha value is -2.66. The van der Waals surface area contributed by atoms with Crippen molar-refractivity contribution in [3.63, 3.8) is 0 Å². The van der Waals surface area contributed by atoms with Gasteiger partial charge in [-0.2, -0.15) is 0 Å². The maximum Gasteiger partial charge on any atom is 0.185 e. The summed E-state index contributed by atoms with van der Waals surface area (Å²) in [5, 5.41) is 10.00. The molecule has 0 saturated carbocycles. The maximum atomic E-state index is 12.4. The number of ketones is 1. The first-order valence-corrected chi connectivity index (χ1v) is 7.97. The molecule has 0 radical (unpaired) electrons. The number of phenols is 1. The number of rotatable bonds is 7. The summed E-state index contributed by atoms with van der Waals surface area (Å²) in [7, 11) is 3.04. The van der Waals surface area contributed by atoms with Gasteiger partial charge in [-0.05, 0) is 48.9 Å². The van der Waals surface area contributed by atoms with Crippen LogP contribution in [0.1, 0.15) is 22.8 Å². The molecular weight excluding hydrogens is 344 g/mol. The Bertz CT molecular complexity index is 799. The van der Waals surface area contributed by atoms with E-state index in [9.17, 15) is 9.90 Å². The fourth-order valence-corrected chi connectivity index (χ4v) is 2.43. The second kappa shape index (κ2) is 8.44. The number of hydrogen-bond acceptors (Lipinski definition) is 5. The first-order valence-electron chi connectivity index (χ1n) is 7.59. The zero-order chi connectivity index (χ0) is 18.4. The molecule has 0 aliphatic carbocycles. The van der Waals surface area contributed by atoms with Gasteiger partial charge in [-0.3, -0.25) is 4.79 Å². The summed E-state index contributed by atoms with van der Waals surface area (Å²) in [6, 6.07) is 8.11. The highest BCUT2D eigenvalue weighted by Crippen LogP contribution is 2.35. The number of carbonyl (C=O) groups excluding carboxylic acids is 1. The van der Waals surface area contributed by atoms with Crippen LogP contribution in [0.4, 0.5) is 0 Å². The minimum atomic E-state index is -0.205. The van der Waals surface area contributed by atoms with Crippen LogP contribution in [0.25, 0.3) is 6.08 Å². The van der Waals surface area contributed by atoms with Crippen LogP contribution in [0, 0.1) is 0 Å². The van der Waals surface area contributed by atoms with Crippen molar-refractivity contribution in [1.29, 1.82) is 0 Å². The molecule has 5 nitrogen and oxygen atoms in total. The van der Waals surface area contributed by atoms with Crippen molar-refractivity contribution < 1.29 is 24.1 Å². The molecule has 2 rings (SSSR count). The monoisotopic (exact) mass is 362 g/mol. The van der Waals surface area contributed by atoms with Gasteiger partial charge < -0.3 is 19.3 Å². The fraction of sp³-hybridized carbons (Fsp3) is 0.211. The fourth-order valence-electron chi connectivity index (χ4n) is 2.21. The third-order valence-corrected chi connectivity index (χ3v) is 3.73. The van der Waals surface area contributed by atoms with Crippen LogP contribution in [0.5, 0.6) is 23.0 Å². The molecule has 25 heavy (non-hydrogen) atoms. The average Bonchev–Trinajstić information content (AvgIpc) is 2.63. The van der Waals surface area contributed by atoms with E-state index in [-0.39, 0.29) is 22.3 Å². The van der Waals surface area contributed by atoms with Gasteiger partial charge in [0.1, 0.15) is 0 Å². The summed E-state index contributed by atoms with van der Waals surface area (Å²) in [4.78, 5) is 12.4. The molecule has 1 N–H and O–H groups in total. The molecule has 0 aromatic heterocycles. The molecular formula is C19H19ClO5. The van der Waals surface area contributed by atoms with Gasteiger partial charge in [0.05, 0.1) is 25.8 Å². The zero-order valence-electron chi connectivity index (χ0n) is 14.2. The van der Waals surface area contributed by atoms with Gasteiger partial charge in [-0.15, -0.1) is 0 Å². The highest BCUT2D eigenvalue weighted by molar-refractivity contribution is 6.32. The minimum Gasteiger partial charge on any atom is -0.503 e. The molecule has 0 unspecified atom stereocenters. The molecule has 0 amide bonds. The number of ether oxygens (including phenoxy) is 3. The van der Waals surface area contributed by atoms with Crippen LogP contribution in [-0.2, 0) is 0 Å². The SMILES string of the molecule is CCOc1cc(C=CC(=O)c2ccc(OC)c(OC)c2)cc(Cl)c1O. The lowest BCUT2D eigenvalue weighted by Crippen LogP contribution is -1.97. The predicted octanol–water partition coefficient (Wildman–Crippen LogP) is 4.36. The quantitative estimate of drug-likeness (QED) is 0.585. The molecule has 0 aliphatic heterocycles. The van der Waals surface area contributed by atoms with Gasteiger partial charge in [0, 0.05) is 5.56 Å². The van der Waals surface area contributed by atoms with Crippen LogP contribution in [-0.4, -0.2) is 31.7 Å². The maximum absolute atomic E-state index is 12.4. The summed E-state index contributed by atoms with van der Waals surface area (Å²) in [6.45, 7) is 2.19. The lowest BCUT2D eigenvalue weighted by atomic mass is 10.1. The summed E-state index contributed by atoms with van der Waals surface area (Å²) in [5.41, 5.74) is 1.10. The van der Waals surface area contributed by atoms with Crippen LogP contribution in [0.3, 0.4) is 0 Å². The topological polar surface area (TPSA) is 65.0 Å². The van der Waals surface area contributed by atoms with E-state index in [1.807, 2.05) is 0 Å². The van der Waals surface area contributed by atoms with E-state index in [0.29, 0.717) is 29.2 Å². The zero-order valence-corrected chi connectivity index (χ0v) is 15.0. The normalized spacial score (nSPS) is 10.7. The Morgan fingerprint density at radius 2 is 1.84 bits per heavy atom. The third kappa shape index (κ3) is 4.45. The molecule has 0 fully saturated rings. The van der Waals surface area contributed by atoms with E-state index in [0.717, 1.165) is 0 Å². The average molecular weight is 363 g/mol. The molecule has 0 atom stereocenters. The molecule has 0 aliphatic rings. The van der Waals surface area contributed by atoms with E-state index in [1.54, 1.807) is 43.3 Å². The number of methoxy groups -OCH3 is 2. The Morgan fingerprint density at radius 1 is 1.12 bits per heavy atom. The molecule has 0 saturated heterocycles. The van der Waals surface area contributed by atoms with E-state index < -0.39 is 0 Å². The Kier molecular flexibility index (Phi) is 6.31. The van der Waals surface area contributed by atoms with E-state index >= 15 is 0 Å². The van der Waals surface area contributed by atoms with Gasteiger partial charge in [-0.1, -0.05) is 17.7 Å². The predicted molar refractivity (Wildman–Crippen MR) is 97.2 cm³/mol. The van der Waals surface area contributed by atoms with Gasteiger partial charge in [0.25, 0.3) is 0 Å². The van der Waals surface area contributed by atoms with Gasteiger partial charge in [0.15, 0.2) is 28.8 Å². The van der Waals surface area contributed by atoms with Gasteiger partial charge in [-0.25, -0.2) is 0 Å². The largest absolute Gasteiger partial charge is 0.503 e. The molecule has 6 heteroatoms. The molecule has 0 spiro atoms. The summed E-state index contributed by atoms with van der Waals surface area (Å²) in [5.74, 6) is 0.978. The Morgan fingerprint density at radius 3 is 2.48 bits per heavy atom. The molecule has 2 aromatic rings. The highest BCUT2D eigenvalue weighted by Gasteiger charge is 2.10. The molecule has 0 bridgehead atoms. The number of hydrogen-bond donors (Lipinski definition) is 1. The molecule has 0 heterocycles. The Balaban J connectivity index is 2.26. The van der Waals surface area contributed by atoms with Crippen molar-refractivity contribution in [2.24, 2.45) is 0 Å². The lowest BCUT2D eigenvalue weighted by molar-refractivity contribution is 0.104. The van der Waals surface area contributed by atoms with Crippen LogP contribution in [0.2, 0.25) is 5.02 Å². The Labute approximate surface area is 151 Å². The summed E-state index contributed by atoms with van der Waals surface area (Å²) < 4.78 is 15.7. The number of carbonyl (C=O) groups is 1. The van der Waals surface area contributed by atoms with Crippen molar-refractivity contribution in [3.05, 3.63) is 52.6 Å². The first kappa shape index (κ1) is 18.7. The second-order valence-electron chi connectivity index (χ2n) is 5.05. The number of allylic oxidation sites excluding steroid dienone is 1. The number of aromatic hydroxyl groups is 1. The van der Waals surface area contributed by atoms with E-state index in [2.05, 4.69) is 0 Å². The number of phenolic OH excluding ortho intramolecular Hbond substituents is 1. The van der Waals surface area contributed by atoms with Crippen molar-refractivity contribution in [3.8, 4) is 23.0 Å². The number of halogens is 1. The van der Waals surface area contributed by atoms with E-state index in [1.165, 1.54) is 20.3 Å². The smallest absolute Gasteiger partial charge is 0.185 e. The van der Waals surface area contributed by atoms with E-state index in [4.69, 9.17) is 25.8 Å². The second-order valence-corrected chi connectivity index (χ2v) is 5.46. The summed E-state index contributed by atoms with van der Waals surface area (Å²) in [6.07, 6.45) is 3.02. The van der Waals surface area contributed by atoms with Gasteiger partial charge >= 0.3 is 0 Å². The molecule has 132 valence electrons. The van der Waals surface area contributed by atoms with Gasteiger partial charge in [0.2, 0.25) is 0 Å².